The number of thioether (sulfide) groups is 1. The van der Waals surface area contributed by atoms with Crippen LogP contribution in [-0.4, -0.2) is 25.3 Å². The van der Waals surface area contributed by atoms with Crippen molar-refractivity contribution in [1.29, 1.82) is 5.26 Å². The number of nitriles is 1. The third-order valence-electron chi connectivity index (χ3n) is 2.74. The molecule has 1 unspecified atom stereocenters. The Morgan fingerprint density at radius 2 is 2.19 bits per heavy atom. The van der Waals surface area contributed by atoms with Crippen molar-refractivity contribution in [3.63, 3.8) is 0 Å². The van der Waals surface area contributed by atoms with Crippen molar-refractivity contribution >= 4 is 27.7 Å². The first-order chi connectivity index (χ1) is 9.90. The molecule has 0 aliphatic carbocycles. The summed E-state index contributed by atoms with van der Waals surface area (Å²) in [5.41, 5.74) is 0.232. The molecule has 0 bridgehead atoms. The van der Waals surface area contributed by atoms with Gasteiger partial charge in [-0.05, 0) is 37.3 Å². The summed E-state index contributed by atoms with van der Waals surface area (Å²) in [4.78, 5) is 11.8. The van der Waals surface area contributed by atoms with Crippen LogP contribution in [0.3, 0.4) is 0 Å². The van der Waals surface area contributed by atoms with Gasteiger partial charge in [0, 0.05) is 0 Å². The van der Waals surface area contributed by atoms with Crippen LogP contribution in [0.2, 0.25) is 0 Å². The van der Waals surface area contributed by atoms with E-state index in [4.69, 9.17) is 5.26 Å². The summed E-state index contributed by atoms with van der Waals surface area (Å²) in [5, 5.41) is 8.34. The number of unbranched alkanes of at least 4 members (excludes halogenated alkanes) is 1. The molecule has 0 saturated carbocycles. The first-order valence-electron chi connectivity index (χ1n) is 6.59. The third-order valence-corrected chi connectivity index (χ3v) is 5.33. The van der Waals surface area contributed by atoms with E-state index in [9.17, 15) is 13.2 Å². The zero-order valence-corrected chi connectivity index (χ0v) is 13.6. The Morgan fingerprint density at radius 1 is 1.48 bits per heavy atom. The molecule has 1 N–H and O–H groups in total. The number of amides is 1. The average molecular weight is 326 g/mol. The van der Waals surface area contributed by atoms with Crippen LogP contribution in [0.4, 0.5) is 0 Å². The van der Waals surface area contributed by atoms with E-state index in [2.05, 4.69) is 11.6 Å². The van der Waals surface area contributed by atoms with E-state index >= 15 is 0 Å². The van der Waals surface area contributed by atoms with E-state index in [1.165, 1.54) is 36.0 Å². The van der Waals surface area contributed by atoms with Crippen molar-refractivity contribution in [3.8, 4) is 6.07 Å². The fourth-order valence-corrected chi connectivity index (χ4v) is 3.68. The first kappa shape index (κ1) is 17.5. The number of carbonyl (C=O) groups excluding carboxylic acids is 1. The monoisotopic (exact) mass is 326 g/mol. The Kier molecular flexibility index (Phi) is 6.72. The Labute approximate surface area is 129 Å². The van der Waals surface area contributed by atoms with Gasteiger partial charge in [-0.2, -0.15) is 5.26 Å². The van der Waals surface area contributed by atoms with Gasteiger partial charge in [-0.1, -0.05) is 19.4 Å². The average Bonchev–Trinajstić information content (AvgIpc) is 2.47. The summed E-state index contributed by atoms with van der Waals surface area (Å²) in [6, 6.07) is 7.44. The van der Waals surface area contributed by atoms with Gasteiger partial charge in [0.05, 0.1) is 21.8 Å². The molecule has 0 aliphatic rings. The molecule has 0 saturated heterocycles. The molecule has 0 aliphatic heterocycles. The summed E-state index contributed by atoms with van der Waals surface area (Å²) in [5.74, 6) is 0.271. The number of rotatable bonds is 7. The van der Waals surface area contributed by atoms with Crippen LogP contribution in [0.5, 0.6) is 0 Å². The molecule has 1 atom stereocenters. The molecule has 21 heavy (non-hydrogen) atoms. The summed E-state index contributed by atoms with van der Waals surface area (Å²) >= 11 is 1.42. The topological polar surface area (TPSA) is 87.0 Å². The first-order valence-corrected chi connectivity index (χ1v) is 9.12. The lowest BCUT2D eigenvalue weighted by molar-refractivity contribution is -0.118. The van der Waals surface area contributed by atoms with E-state index in [1.54, 1.807) is 6.92 Å². The molecule has 7 heteroatoms. The predicted octanol–water partition coefficient (Wildman–Crippen LogP) is 2.28. The largest absolute Gasteiger partial charge is 0.273 e. The number of nitrogens with zero attached hydrogens (tertiary/aromatic N) is 1. The summed E-state index contributed by atoms with van der Waals surface area (Å²) in [7, 11) is -3.93. The maximum Gasteiger partial charge on any atom is 0.264 e. The van der Waals surface area contributed by atoms with Gasteiger partial charge in [-0.25, -0.2) is 13.1 Å². The molecule has 5 nitrogen and oxygen atoms in total. The molecular weight excluding hydrogens is 308 g/mol. The van der Waals surface area contributed by atoms with Gasteiger partial charge in [-0.3, -0.25) is 4.79 Å². The highest BCUT2D eigenvalue weighted by Crippen LogP contribution is 2.15. The van der Waals surface area contributed by atoms with Crippen LogP contribution < -0.4 is 4.72 Å². The van der Waals surface area contributed by atoms with Gasteiger partial charge in [0.1, 0.15) is 0 Å². The van der Waals surface area contributed by atoms with Crippen LogP contribution in [0, 0.1) is 11.3 Å². The minimum Gasteiger partial charge on any atom is -0.273 e. The molecule has 1 amide bonds. The summed E-state index contributed by atoms with van der Waals surface area (Å²) in [6.45, 7) is 3.73. The lowest BCUT2D eigenvalue weighted by atomic mass is 10.2. The maximum atomic E-state index is 12.1. The Bertz CT molecular complexity index is 636. The predicted molar refractivity (Wildman–Crippen MR) is 83.3 cm³/mol. The molecule has 0 spiro atoms. The minimum absolute atomic E-state index is 0.0827. The third kappa shape index (κ3) is 5.40. The maximum absolute atomic E-state index is 12.1. The van der Waals surface area contributed by atoms with Crippen molar-refractivity contribution in [1.82, 2.24) is 4.72 Å². The van der Waals surface area contributed by atoms with Gasteiger partial charge in [0.25, 0.3) is 10.0 Å². The highest BCUT2D eigenvalue weighted by Gasteiger charge is 2.22. The quantitative estimate of drug-likeness (QED) is 0.777. The number of hydrogen-bond acceptors (Lipinski definition) is 5. The number of carbonyl (C=O) groups is 1. The van der Waals surface area contributed by atoms with Crippen LogP contribution in [0.25, 0.3) is 0 Å². The molecule has 114 valence electrons. The molecule has 0 fully saturated rings. The number of sulfonamides is 1. The van der Waals surface area contributed by atoms with Crippen molar-refractivity contribution in [2.75, 3.05) is 5.75 Å². The molecule has 1 rings (SSSR count). The standard InChI is InChI=1S/C14H18N2O3S2/c1-3-4-8-20-11(2)14(17)16-21(18,19)13-7-5-6-12(9-13)10-15/h5-7,9,11H,3-4,8H2,1-2H3,(H,16,17). The Morgan fingerprint density at radius 3 is 2.81 bits per heavy atom. The lowest BCUT2D eigenvalue weighted by Gasteiger charge is -2.12. The zero-order valence-electron chi connectivity index (χ0n) is 12.0. The highest BCUT2D eigenvalue weighted by molar-refractivity contribution is 8.00. The van der Waals surface area contributed by atoms with Crippen molar-refractivity contribution < 1.29 is 13.2 Å². The summed E-state index contributed by atoms with van der Waals surface area (Å²) < 4.78 is 26.2. The number of hydrogen-bond donors (Lipinski definition) is 1. The second-order valence-electron chi connectivity index (χ2n) is 4.48. The molecule has 0 aromatic heterocycles. The summed E-state index contributed by atoms with van der Waals surface area (Å²) in [6.07, 6.45) is 2.01. The van der Waals surface area contributed by atoms with Gasteiger partial charge in [0.15, 0.2) is 0 Å². The van der Waals surface area contributed by atoms with Gasteiger partial charge in [0.2, 0.25) is 5.91 Å². The lowest BCUT2D eigenvalue weighted by Crippen LogP contribution is -2.36. The number of nitrogens with one attached hydrogen (secondary N) is 1. The fraction of sp³-hybridized carbons (Fsp3) is 0.429. The van der Waals surface area contributed by atoms with E-state index in [1.807, 2.05) is 6.07 Å². The zero-order chi connectivity index (χ0) is 15.9. The molecule has 1 aromatic carbocycles. The molecule has 1 aromatic rings. The Balaban J connectivity index is 2.75. The van der Waals surface area contributed by atoms with E-state index < -0.39 is 21.2 Å². The smallest absolute Gasteiger partial charge is 0.264 e. The van der Waals surface area contributed by atoms with Crippen molar-refractivity contribution in [2.24, 2.45) is 0 Å². The van der Waals surface area contributed by atoms with Crippen molar-refractivity contribution in [2.45, 2.75) is 36.8 Å². The molecule has 0 radical (unpaired) electrons. The van der Waals surface area contributed by atoms with Crippen molar-refractivity contribution in [3.05, 3.63) is 29.8 Å². The van der Waals surface area contributed by atoms with Crippen LogP contribution in [0.15, 0.2) is 29.2 Å². The van der Waals surface area contributed by atoms with Gasteiger partial charge >= 0.3 is 0 Å². The molecule has 0 heterocycles. The van der Waals surface area contributed by atoms with Gasteiger partial charge in [-0.15, -0.1) is 11.8 Å². The van der Waals surface area contributed by atoms with Crippen LogP contribution in [-0.2, 0) is 14.8 Å². The second-order valence-corrected chi connectivity index (χ2v) is 7.61. The van der Waals surface area contributed by atoms with Gasteiger partial charge < -0.3 is 0 Å². The normalized spacial score (nSPS) is 12.4. The highest BCUT2D eigenvalue weighted by atomic mass is 32.2. The molecular formula is C14H18N2O3S2. The van der Waals surface area contributed by atoms with E-state index in [0.29, 0.717) is 0 Å². The van der Waals surface area contributed by atoms with Crippen LogP contribution in [0.1, 0.15) is 32.3 Å². The van der Waals surface area contributed by atoms with E-state index in [-0.39, 0.29) is 10.5 Å². The minimum atomic E-state index is -3.93. The second kappa shape index (κ2) is 8.05. The Hall–Kier alpha value is -1.52. The van der Waals surface area contributed by atoms with Crippen LogP contribution >= 0.6 is 11.8 Å². The van der Waals surface area contributed by atoms with E-state index in [0.717, 1.165) is 18.6 Å². The SMILES string of the molecule is CCCCSC(C)C(=O)NS(=O)(=O)c1cccc(C#N)c1. The number of benzene rings is 1. The fourth-order valence-electron chi connectivity index (χ4n) is 1.49.